The van der Waals surface area contributed by atoms with Crippen molar-refractivity contribution in [2.24, 2.45) is 0 Å². The summed E-state index contributed by atoms with van der Waals surface area (Å²) in [7, 11) is 0. The van der Waals surface area contributed by atoms with Crippen LogP contribution < -0.4 is 9.47 Å². The van der Waals surface area contributed by atoms with E-state index in [9.17, 15) is 9.59 Å². The average molecular weight is 428 g/mol. The maximum absolute atomic E-state index is 12.0. The Kier molecular flexibility index (Phi) is 7.98. The minimum atomic E-state index is -0.433. The zero-order valence-corrected chi connectivity index (χ0v) is 17.8. The number of hydrogen-bond acceptors (Lipinski definition) is 5. The molecule has 3 rings (SSSR count). The van der Waals surface area contributed by atoms with Crippen LogP contribution in [-0.2, 0) is 14.3 Å². The lowest BCUT2D eigenvalue weighted by molar-refractivity contribution is -0.139. The molecule has 5 nitrogen and oxygen atoms in total. The third-order valence-corrected chi connectivity index (χ3v) is 4.41. The highest BCUT2D eigenvalue weighted by Crippen LogP contribution is 2.24. The molecule has 32 heavy (non-hydrogen) atoms. The van der Waals surface area contributed by atoms with Crippen LogP contribution in [0.1, 0.15) is 12.5 Å². The molecule has 162 valence electrons. The van der Waals surface area contributed by atoms with Crippen LogP contribution in [0, 0.1) is 0 Å². The quantitative estimate of drug-likeness (QED) is 0.196. The van der Waals surface area contributed by atoms with Gasteiger partial charge >= 0.3 is 11.9 Å². The lowest BCUT2D eigenvalue weighted by atomic mass is 10.1. The summed E-state index contributed by atoms with van der Waals surface area (Å²) < 4.78 is 15.9. The SMILES string of the molecule is C=C(C)C(=O)OCCOc1ccc(-c2ccc(OC(=O)/C=C/c3ccccc3)cc2)cc1. The molecule has 0 saturated carbocycles. The standard InChI is InChI=1S/C27H24O5/c1-20(2)27(29)31-19-18-30-24-13-9-22(10-14-24)23-11-15-25(16-12-23)32-26(28)17-8-21-6-4-3-5-7-21/h3-17H,1,18-19H2,2H3/b17-8+. The number of hydrogen-bond donors (Lipinski definition) is 0. The van der Waals surface area contributed by atoms with Crippen molar-refractivity contribution < 1.29 is 23.8 Å². The fourth-order valence-corrected chi connectivity index (χ4v) is 2.75. The van der Waals surface area contributed by atoms with E-state index in [0.717, 1.165) is 16.7 Å². The number of rotatable bonds is 9. The van der Waals surface area contributed by atoms with Crippen LogP contribution in [0.4, 0.5) is 0 Å². The maximum atomic E-state index is 12.0. The number of esters is 2. The first-order valence-corrected chi connectivity index (χ1v) is 10.1. The molecule has 0 spiro atoms. The summed E-state index contributed by atoms with van der Waals surface area (Å²) in [5.41, 5.74) is 3.26. The molecule has 3 aromatic carbocycles. The minimum Gasteiger partial charge on any atom is -0.490 e. The zero-order valence-electron chi connectivity index (χ0n) is 17.8. The fourth-order valence-electron chi connectivity index (χ4n) is 2.75. The van der Waals surface area contributed by atoms with E-state index in [4.69, 9.17) is 14.2 Å². The van der Waals surface area contributed by atoms with Gasteiger partial charge in [-0.2, -0.15) is 0 Å². The number of benzene rings is 3. The van der Waals surface area contributed by atoms with Crippen molar-refractivity contribution in [1.82, 2.24) is 0 Å². The second-order valence-electron chi connectivity index (χ2n) is 6.98. The Morgan fingerprint density at radius 2 is 1.41 bits per heavy atom. The van der Waals surface area contributed by atoms with E-state index in [-0.39, 0.29) is 13.2 Å². The molecule has 0 aliphatic rings. The topological polar surface area (TPSA) is 61.8 Å². The van der Waals surface area contributed by atoms with Crippen LogP contribution in [0.25, 0.3) is 17.2 Å². The van der Waals surface area contributed by atoms with Gasteiger partial charge in [0.1, 0.15) is 24.7 Å². The van der Waals surface area contributed by atoms with E-state index in [0.29, 0.717) is 17.1 Å². The van der Waals surface area contributed by atoms with Gasteiger partial charge in [0.15, 0.2) is 0 Å². The number of carbonyl (C=O) groups is 2. The zero-order chi connectivity index (χ0) is 22.8. The molecule has 0 atom stereocenters. The van der Waals surface area contributed by atoms with Crippen LogP contribution in [0.15, 0.2) is 97.1 Å². The highest BCUT2D eigenvalue weighted by Gasteiger charge is 2.05. The van der Waals surface area contributed by atoms with Gasteiger partial charge in [0, 0.05) is 11.6 Å². The van der Waals surface area contributed by atoms with Crippen LogP contribution in [0.5, 0.6) is 11.5 Å². The summed E-state index contributed by atoms with van der Waals surface area (Å²) in [6.07, 6.45) is 3.12. The molecule has 0 amide bonds. The first-order chi connectivity index (χ1) is 15.5. The van der Waals surface area contributed by atoms with E-state index < -0.39 is 11.9 Å². The molecule has 0 heterocycles. The van der Waals surface area contributed by atoms with Crippen molar-refractivity contribution in [1.29, 1.82) is 0 Å². The fraction of sp³-hybridized carbons (Fsp3) is 0.111. The summed E-state index contributed by atoms with van der Waals surface area (Å²) in [5.74, 6) is 0.291. The largest absolute Gasteiger partial charge is 0.490 e. The summed E-state index contributed by atoms with van der Waals surface area (Å²) in [4.78, 5) is 23.3. The van der Waals surface area contributed by atoms with Crippen molar-refractivity contribution in [3.63, 3.8) is 0 Å². The molecule has 0 bridgehead atoms. The second kappa shape index (κ2) is 11.3. The van der Waals surface area contributed by atoms with E-state index in [1.165, 1.54) is 6.08 Å². The summed E-state index contributed by atoms with van der Waals surface area (Å²) >= 11 is 0. The predicted octanol–water partition coefficient (Wildman–Crippen LogP) is 5.47. The molecule has 0 fully saturated rings. The summed E-state index contributed by atoms with van der Waals surface area (Å²) in [6.45, 7) is 5.55. The van der Waals surface area contributed by atoms with Crippen LogP contribution in [0.2, 0.25) is 0 Å². The smallest absolute Gasteiger partial charge is 0.336 e. The Balaban J connectivity index is 1.50. The number of carbonyl (C=O) groups excluding carboxylic acids is 2. The molecule has 0 aliphatic heterocycles. The maximum Gasteiger partial charge on any atom is 0.336 e. The van der Waals surface area contributed by atoms with Crippen molar-refractivity contribution in [2.75, 3.05) is 13.2 Å². The Labute approximate surface area is 187 Å². The second-order valence-corrected chi connectivity index (χ2v) is 6.98. The molecule has 0 unspecified atom stereocenters. The van der Waals surface area contributed by atoms with Crippen LogP contribution in [0.3, 0.4) is 0 Å². The van der Waals surface area contributed by atoms with Gasteiger partial charge in [0.25, 0.3) is 0 Å². The first kappa shape index (κ1) is 22.6. The average Bonchev–Trinajstić information content (AvgIpc) is 2.82. The minimum absolute atomic E-state index is 0.161. The van der Waals surface area contributed by atoms with Crippen molar-refractivity contribution >= 4 is 18.0 Å². The lowest BCUT2D eigenvalue weighted by Gasteiger charge is -2.09. The van der Waals surface area contributed by atoms with Gasteiger partial charge in [0.2, 0.25) is 0 Å². The van der Waals surface area contributed by atoms with Crippen LogP contribution >= 0.6 is 0 Å². The van der Waals surface area contributed by atoms with E-state index in [1.807, 2.05) is 66.7 Å². The van der Waals surface area contributed by atoms with Gasteiger partial charge in [-0.3, -0.25) is 0 Å². The van der Waals surface area contributed by atoms with Gasteiger partial charge < -0.3 is 14.2 Å². The molecule has 0 aromatic heterocycles. The third-order valence-electron chi connectivity index (χ3n) is 4.41. The van der Waals surface area contributed by atoms with E-state index in [1.54, 1.807) is 25.1 Å². The van der Waals surface area contributed by atoms with Gasteiger partial charge in [-0.15, -0.1) is 0 Å². The van der Waals surface area contributed by atoms with E-state index in [2.05, 4.69) is 6.58 Å². The molecule has 0 radical (unpaired) electrons. The Morgan fingerprint density at radius 1 is 0.812 bits per heavy atom. The highest BCUT2D eigenvalue weighted by molar-refractivity contribution is 5.88. The molecular weight excluding hydrogens is 404 g/mol. The highest BCUT2D eigenvalue weighted by atomic mass is 16.6. The molecule has 0 N–H and O–H groups in total. The summed E-state index contributed by atoms with van der Waals surface area (Å²) in [6, 6.07) is 24.4. The van der Waals surface area contributed by atoms with E-state index >= 15 is 0 Å². The lowest BCUT2D eigenvalue weighted by Crippen LogP contribution is -2.12. The normalized spacial score (nSPS) is 10.5. The van der Waals surface area contributed by atoms with Crippen LogP contribution in [-0.4, -0.2) is 25.2 Å². The Morgan fingerprint density at radius 3 is 2.00 bits per heavy atom. The molecule has 0 aliphatic carbocycles. The van der Waals surface area contributed by atoms with Crippen molar-refractivity contribution in [3.05, 3.63) is 103 Å². The predicted molar refractivity (Wildman–Crippen MR) is 124 cm³/mol. The monoisotopic (exact) mass is 428 g/mol. The molecule has 5 heteroatoms. The van der Waals surface area contributed by atoms with Gasteiger partial charge in [-0.25, -0.2) is 9.59 Å². The third kappa shape index (κ3) is 6.99. The Bertz CT molecular complexity index is 1080. The number of ether oxygens (including phenoxy) is 3. The Hall–Kier alpha value is -4.12. The molecule has 0 saturated heterocycles. The van der Waals surface area contributed by atoms with Crippen molar-refractivity contribution in [2.45, 2.75) is 6.92 Å². The van der Waals surface area contributed by atoms with Gasteiger partial charge in [-0.05, 0) is 54.0 Å². The van der Waals surface area contributed by atoms with Gasteiger partial charge in [-0.1, -0.05) is 61.2 Å². The van der Waals surface area contributed by atoms with Gasteiger partial charge in [0.05, 0.1) is 0 Å². The molecular formula is C27H24O5. The molecule has 3 aromatic rings. The first-order valence-electron chi connectivity index (χ1n) is 10.1. The summed E-state index contributed by atoms with van der Waals surface area (Å²) in [5, 5.41) is 0. The van der Waals surface area contributed by atoms with Crippen molar-refractivity contribution in [3.8, 4) is 22.6 Å².